The minimum absolute atomic E-state index is 0.242. The van der Waals surface area contributed by atoms with Crippen molar-refractivity contribution >= 4 is 79.0 Å². The first kappa shape index (κ1) is 25.2. The molecule has 0 unspecified atom stereocenters. The van der Waals surface area contributed by atoms with Gasteiger partial charge in [-0.1, -0.05) is 82.5 Å². The van der Waals surface area contributed by atoms with Crippen molar-refractivity contribution < 1.29 is 9.59 Å². The number of hydrogen-bond acceptors (Lipinski definition) is 3. The number of para-hydroxylation sites is 1. The number of benzene rings is 3. The van der Waals surface area contributed by atoms with E-state index in [9.17, 15) is 9.59 Å². The summed E-state index contributed by atoms with van der Waals surface area (Å²) in [6, 6.07) is 19.3. The molecule has 4 nitrogen and oxygen atoms in total. The van der Waals surface area contributed by atoms with Gasteiger partial charge in [0.2, 0.25) is 0 Å². The number of fused-ring (bicyclic) bond motifs is 1. The zero-order chi connectivity index (χ0) is 25.4. The van der Waals surface area contributed by atoms with Crippen molar-refractivity contribution in [3.8, 4) is 0 Å². The van der Waals surface area contributed by atoms with E-state index >= 15 is 0 Å². The molecule has 1 aliphatic rings. The quantitative estimate of drug-likeness (QED) is 0.208. The molecule has 3 aromatic carbocycles. The fourth-order valence-electron chi connectivity index (χ4n) is 4.37. The van der Waals surface area contributed by atoms with Gasteiger partial charge in [-0.05, 0) is 65.2 Å². The van der Waals surface area contributed by atoms with Gasteiger partial charge in [-0.3, -0.25) is 14.5 Å². The summed E-state index contributed by atoms with van der Waals surface area (Å²) in [5.41, 5.74) is 5.02. The van der Waals surface area contributed by atoms with Crippen LogP contribution in [0.2, 0.25) is 10.0 Å². The largest absolute Gasteiger partial charge is 0.342 e. The predicted octanol–water partition coefficient (Wildman–Crippen LogP) is 8.56. The standard InChI is InChI=1S/C28H21BrCl2N2O2S/c1-2-18-4-3-5-23-20(16-32(26(18)23)15-19-8-11-22(30)13-24(19)31)12-25-27(34)33(28(35)36-25)14-17-6-9-21(29)10-7-17/h3-13,16H,2,14-15H2,1H3/b25-12-. The zero-order valence-electron chi connectivity index (χ0n) is 19.3. The fraction of sp³-hybridized carbons (Fsp3) is 0.143. The van der Waals surface area contributed by atoms with Crippen LogP contribution in [0, 0.1) is 0 Å². The molecular weight excluding hydrogens is 579 g/mol. The maximum Gasteiger partial charge on any atom is 0.293 e. The second kappa shape index (κ2) is 10.5. The maximum absolute atomic E-state index is 13.2. The molecule has 0 aliphatic carbocycles. The van der Waals surface area contributed by atoms with E-state index in [1.54, 1.807) is 6.07 Å². The summed E-state index contributed by atoms with van der Waals surface area (Å²) in [6.07, 6.45) is 4.71. The van der Waals surface area contributed by atoms with Crippen LogP contribution in [0.4, 0.5) is 4.79 Å². The smallest absolute Gasteiger partial charge is 0.293 e. The third-order valence-corrected chi connectivity index (χ3v) is 8.19. The average molecular weight is 600 g/mol. The van der Waals surface area contributed by atoms with E-state index in [4.69, 9.17) is 23.2 Å². The Kier molecular flexibility index (Phi) is 7.31. The summed E-state index contributed by atoms with van der Waals surface area (Å²) in [6.45, 7) is 2.92. The van der Waals surface area contributed by atoms with E-state index in [0.717, 1.165) is 50.2 Å². The molecule has 0 radical (unpaired) electrons. The lowest BCUT2D eigenvalue weighted by atomic mass is 10.1. The van der Waals surface area contributed by atoms with Crippen molar-refractivity contribution in [2.75, 3.05) is 0 Å². The van der Waals surface area contributed by atoms with Gasteiger partial charge < -0.3 is 4.57 Å². The first-order valence-electron chi connectivity index (χ1n) is 11.4. The van der Waals surface area contributed by atoms with Crippen molar-refractivity contribution in [3.63, 3.8) is 0 Å². The first-order valence-corrected chi connectivity index (χ1v) is 13.7. The second-order valence-electron chi connectivity index (χ2n) is 8.51. The molecule has 5 rings (SSSR count). The van der Waals surface area contributed by atoms with Gasteiger partial charge in [-0.15, -0.1) is 0 Å². The third-order valence-electron chi connectivity index (χ3n) is 6.16. The van der Waals surface area contributed by atoms with E-state index in [-0.39, 0.29) is 17.7 Å². The van der Waals surface area contributed by atoms with Crippen molar-refractivity contribution in [2.45, 2.75) is 26.4 Å². The fourth-order valence-corrected chi connectivity index (χ4v) is 5.94. The number of aromatic nitrogens is 1. The van der Waals surface area contributed by atoms with E-state index in [1.807, 2.05) is 60.8 Å². The molecule has 0 bridgehead atoms. The van der Waals surface area contributed by atoms with E-state index in [0.29, 0.717) is 21.5 Å². The number of thioether (sulfide) groups is 1. The average Bonchev–Trinajstić information content (AvgIpc) is 3.34. The Bertz CT molecular complexity index is 1530. The highest BCUT2D eigenvalue weighted by molar-refractivity contribution is 9.10. The first-order chi connectivity index (χ1) is 17.3. The van der Waals surface area contributed by atoms with Gasteiger partial charge in [0.05, 0.1) is 17.0 Å². The van der Waals surface area contributed by atoms with E-state index < -0.39 is 0 Å². The van der Waals surface area contributed by atoms with Crippen LogP contribution in [0.5, 0.6) is 0 Å². The number of rotatable bonds is 6. The molecule has 182 valence electrons. The molecule has 36 heavy (non-hydrogen) atoms. The summed E-state index contributed by atoms with van der Waals surface area (Å²) >= 11 is 17.0. The molecule has 1 fully saturated rings. The molecule has 8 heteroatoms. The van der Waals surface area contributed by atoms with Crippen LogP contribution in [-0.2, 0) is 24.3 Å². The summed E-state index contributed by atoms with van der Waals surface area (Å²) in [5.74, 6) is -0.277. The topological polar surface area (TPSA) is 42.3 Å². The van der Waals surface area contributed by atoms with Crippen molar-refractivity contribution in [1.29, 1.82) is 0 Å². The van der Waals surface area contributed by atoms with Crippen LogP contribution in [0.1, 0.15) is 29.2 Å². The van der Waals surface area contributed by atoms with Crippen LogP contribution in [0.25, 0.3) is 17.0 Å². The Morgan fingerprint density at radius 2 is 1.75 bits per heavy atom. The minimum Gasteiger partial charge on any atom is -0.342 e. The summed E-state index contributed by atoms with van der Waals surface area (Å²) in [7, 11) is 0. The number of nitrogens with zero attached hydrogens (tertiary/aromatic N) is 2. The molecule has 0 saturated carbocycles. The van der Waals surface area contributed by atoms with E-state index in [2.05, 4.69) is 33.5 Å². The monoisotopic (exact) mass is 598 g/mol. The Balaban J connectivity index is 1.51. The third kappa shape index (κ3) is 5.00. The highest BCUT2D eigenvalue weighted by atomic mass is 79.9. The molecular formula is C28H21BrCl2N2O2S. The summed E-state index contributed by atoms with van der Waals surface area (Å²) in [5, 5.41) is 1.96. The number of halogens is 3. The van der Waals surface area contributed by atoms with Gasteiger partial charge in [-0.25, -0.2) is 0 Å². The lowest BCUT2D eigenvalue weighted by molar-refractivity contribution is -0.123. The van der Waals surface area contributed by atoms with Gasteiger partial charge in [-0.2, -0.15) is 0 Å². The molecule has 0 N–H and O–H groups in total. The van der Waals surface area contributed by atoms with Crippen LogP contribution >= 0.6 is 50.9 Å². The van der Waals surface area contributed by atoms with Gasteiger partial charge in [0.25, 0.3) is 11.1 Å². The van der Waals surface area contributed by atoms with E-state index in [1.165, 1.54) is 10.5 Å². The second-order valence-corrected chi connectivity index (χ2v) is 11.3. The highest BCUT2D eigenvalue weighted by Crippen LogP contribution is 2.36. The van der Waals surface area contributed by atoms with Crippen LogP contribution in [0.15, 0.2) is 76.2 Å². The lowest BCUT2D eigenvalue weighted by Gasteiger charge is -2.12. The predicted molar refractivity (Wildman–Crippen MR) is 153 cm³/mol. The Morgan fingerprint density at radius 1 is 0.972 bits per heavy atom. The number of aryl methyl sites for hydroxylation is 1. The molecule has 0 spiro atoms. The number of imide groups is 1. The minimum atomic E-state index is -0.277. The molecule has 1 aromatic heterocycles. The molecule has 4 aromatic rings. The molecule has 0 atom stereocenters. The van der Waals surface area contributed by atoms with Gasteiger partial charge in [0.1, 0.15) is 0 Å². The van der Waals surface area contributed by atoms with Crippen molar-refractivity contribution in [2.24, 2.45) is 0 Å². The maximum atomic E-state index is 13.2. The van der Waals surface area contributed by atoms with Crippen LogP contribution in [-0.4, -0.2) is 20.6 Å². The Hall–Kier alpha value is -2.51. The number of hydrogen-bond donors (Lipinski definition) is 0. The molecule has 2 amide bonds. The van der Waals surface area contributed by atoms with Crippen LogP contribution < -0.4 is 0 Å². The molecule has 2 heterocycles. The molecule has 1 saturated heterocycles. The number of amides is 2. The van der Waals surface area contributed by atoms with Crippen molar-refractivity contribution in [3.05, 3.63) is 109 Å². The summed E-state index contributed by atoms with van der Waals surface area (Å²) in [4.78, 5) is 27.6. The SMILES string of the molecule is CCc1cccc2c(/C=C3\SC(=O)N(Cc4ccc(Br)cc4)C3=O)cn(Cc3ccc(Cl)cc3Cl)c12. The Labute approximate surface area is 232 Å². The van der Waals surface area contributed by atoms with Gasteiger partial charge in [0.15, 0.2) is 0 Å². The number of carbonyl (C=O) groups excluding carboxylic acids is 2. The summed E-state index contributed by atoms with van der Waals surface area (Å²) < 4.78 is 3.10. The van der Waals surface area contributed by atoms with Crippen molar-refractivity contribution in [1.82, 2.24) is 9.47 Å². The zero-order valence-corrected chi connectivity index (χ0v) is 23.2. The Morgan fingerprint density at radius 3 is 2.47 bits per heavy atom. The van der Waals surface area contributed by atoms with Gasteiger partial charge in [0, 0.05) is 38.2 Å². The molecule has 1 aliphatic heterocycles. The highest BCUT2D eigenvalue weighted by Gasteiger charge is 2.35. The van der Waals surface area contributed by atoms with Gasteiger partial charge >= 0.3 is 0 Å². The lowest BCUT2D eigenvalue weighted by Crippen LogP contribution is -2.27. The van der Waals surface area contributed by atoms with Crippen LogP contribution in [0.3, 0.4) is 0 Å². The normalized spacial score (nSPS) is 15.0. The number of carbonyl (C=O) groups is 2.